The van der Waals surface area contributed by atoms with Gasteiger partial charge in [0.15, 0.2) is 0 Å². The molecule has 2 atom stereocenters. The first-order chi connectivity index (χ1) is 4.40. The van der Waals surface area contributed by atoms with E-state index in [0.717, 1.165) is 12.7 Å². The Balaban J connectivity index is 1.65. The first kappa shape index (κ1) is 5.65. The minimum absolute atomic E-state index is 0.749. The van der Waals surface area contributed by atoms with Crippen molar-refractivity contribution < 1.29 is 0 Å². The minimum atomic E-state index is 0.749. The van der Waals surface area contributed by atoms with Gasteiger partial charge in [0.1, 0.15) is 0 Å². The molecule has 52 valence electrons. The Morgan fingerprint density at radius 2 is 2.22 bits per heavy atom. The van der Waals surface area contributed by atoms with E-state index in [1.807, 2.05) is 0 Å². The summed E-state index contributed by atoms with van der Waals surface area (Å²) < 4.78 is 0. The van der Waals surface area contributed by atoms with Crippen LogP contribution in [-0.4, -0.2) is 48.7 Å². The fourth-order valence-corrected chi connectivity index (χ4v) is 1.17. The highest BCUT2D eigenvalue weighted by molar-refractivity contribution is 4.93. The van der Waals surface area contributed by atoms with Gasteiger partial charge in [-0.05, 0) is 0 Å². The van der Waals surface area contributed by atoms with Crippen LogP contribution in [0.4, 0.5) is 0 Å². The third-order valence-electron chi connectivity index (χ3n) is 2.07. The Hall–Kier alpha value is -0.120. The number of hydrogen-bond donors (Lipinski definition) is 1. The second kappa shape index (κ2) is 1.94. The summed E-state index contributed by atoms with van der Waals surface area (Å²) in [5.41, 5.74) is 5.43. The van der Waals surface area contributed by atoms with E-state index < -0.39 is 0 Å². The zero-order valence-electron chi connectivity index (χ0n) is 5.58. The highest BCUT2D eigenvalue weighted by Crippen LogP contribution is 2.18. The quantitative estimate of drug-likeness (QED) is 0.488. The van der Waals surface area contributed by atoms with Gasteiger partial charge in [0.25, 0.3) is 0 Å². The van der Waals surface area contributed by atoms with Crippen molar-refractivity contribution in [3.05, 3.63) is 0 Å². The molecular weight excluding hydrogens is 114 g/mol. The van der Waals surface area contributed by atoms with E-state index in [-0.39, 0.29) is 0 Å². The van der Waals surface area contributed by atoms with Gasteiger partial charge >= 0.3 is 0 Å². The maximum Gasteiger partial charge on any atom is 0.0459 e. The number of nitrogens with zero attached hydrogens (tertiary/aromatic N) is 2. The van der Waals surface area contributed by atoms with Crippen molar-refractivity contribution >= 4 is 0 Å². The molecule has 0 aliphatic carbocycles. The first-order valence-electron chi connectivity index (χ1n) is 3.56. The standard InChI is InChI=1S/C6H13N3/c7-5-9-4-6(9)3-8-1-2-8/h6H,1-5,7H2. The van der Waals surface area contributed by atoms with Crippen LogP contribution in [0.15, 0.2) is 0 Å². The molecular formula is C6H13N3. The molecule has 2 rings (SSSR count). The van der Waals surface area contributed by atoms with E-state index in [2.05, 4.69) is 9.80 Å². The van der Waals surface area contributed by atoms with Gasteiger partial charge in [0.05, 0.1) is 0 Å². The van der Waals surface area contributed by atoms with Crippen LogP contribution in [0, 0.1) is 0 Å². The molecule has 0 bridgehead atoms. The van der Waals surface area contributed by atoms with E-state index >= 15 is 0 Å². The lowest BCUT2D eigenvalue weighted by Crippen LogP contribution is -2.17. The van der Waals surface area contributed by atoms with Crippen molar-refractivity contribution in [3.8, 4) is 0 Å². The molecule has 2 aliphatic heterocycles. The molecule has 0 aromatic rings. The molecule has 2 fully saturated rings. The number of hydrogen-bond acceptors (Lipinski definition) is 3. The average Bonchev–Trinajstić information content (AvgIpc) is 2.66. The lowest BCUT2D eigenvalue weighted by Gasteiger charge is -1.98. The lowest BCUT2D eigenvalue weighted by atomic mass is 10.5. The van der Waals surface area contributed by atoms with Gasteiger partial charge in [-0.2, -0.15) is 0 Å². The van der Waals surface area contributed by atoms with Crippen molar-refractivity contribution in [2.75, 3.05) is 32.8 Å². The number of rotatable bonds is 3. The van der Waals surface area contributed by atoms with Crippen molar-refractivity contribution in [1.29, 1.82) is 0 Å². The summed E-state index contributed by atoms with van der Waals surface area (Å²) in [7, 11) is 0. The van der Waals surface area contributed by atoms with Crippen molar-refractivity contribution in [2.24, 2.45) is 5.73 Å². The van der Waals surface area contributed by atoms with Gasteiger partial charge in [-0.15, -0.1) is 0 Å². The molecule has 0 radical (unpaired) electrons. The highest BCUT2D eigenvalue weighted by atomic mass is 15.4. The maximum atomic E-state index is 5.43. The minimum Gasteiger partial charge on any atom is -0.318 e. The Kier molecular flexibility index (Phi) is 1.22. The van der Waals surface area contributed by atoms with Crippen molar-refractivity contribution in [3.63, 3.8) is 0 Å². The Morgan fingerprint density at radius 3 is 2.67 bits per heavy atom. The first-order valence-corrected chi connectivity index (χ1v) is 3.56. The van der Waals surface area contributed by atoms with Gasteiger partial charge in [0.2, 0.25) is 0 Å². The normalized spacial score (nSPS) is 41.0. The Labute approximate surface area is 55.4 Å². The smallest absolute Gasteiger partial charge is 0.0459 e. The third-order valence-corrected chi connectivity index (χ3v) is 2.07. The van der Waals surface area contributed by atoms with Gasteiger partial charge < -0.3 is 5.73 Å². The van der Waals surface area contributed by atoms with Crippen LogP contribution in [0.25, 0.3) is 0 Å². The van der Waals surface area contributed by atoms with E-state index in [0.29, 0.717) is 0 Å². The molecule has 3 nitrogen and oxygen atoms in total. The molecule has 2 N–H and O–H groups in total. The molecule has 0 aromatic heterocycles. The summed E-state index contributed by atoms with van der Waals surface area (Å²) in [6, 6.07) is 0.803. The van der Waals surface area contributed by atoms with Gasteiger partial charge in [-0.3, -0.25) is 9.80 Å². The van der Waals surface area contributed by atoms with E-state index in [1.165, 1.54) is 26.2 Å². The van der Waals surface area contributed by atoms with Crippen molar-refractivity contribution in [1.82, 2.24) is 9.80 Å². The fraction of sp³-hybridized carbons (Fsp3) is 1.00. The summed E-state index contributed by atoms with van der Waals surface area (Å²) >= 11 is 0. The van der Waals surface area contributed by atoms with Crippen LogP contribution in [0.2, 0.25) is 0 Å². The average molecular weight is 127 g/mol. The third kappa shape index (κ3) is 1.23. The van der Waals surface area contributed by atoms with Crippen molar-refractivity contribution in [2.45, 2.75) is 6.04 Å². The molecule has 2 heterocycles. The van der Waals surface area contributed by atoms with Crippen LogP contribution < -0.4 is 5.73 Å². The molecule has 2 aliphatic rings. The van der Waals surface area contributed by atoms with Gasteiger partial charge in [-0.25, -0.2) is 0 Å². The number of nitrogens with two attached hydrogens (primary N) is 1. The lowest BCUT2D eigenvalue weighted by molar-refractivity contribution is 0.456. The van der Waals surface area contributed by atoms with Gasteiger partial charge in [0, 0.05) is 38.9 Å². The molecule has 0 spiro atoms. The molecule has 0 aromatic carbocycles. The fourth-order valence-electron chi connectivity index (χ4n) is 1.17. The second-order valence-corrected chi connectivity index (χ2v) is 2.91. The molecule has 3 heteroatoms. The Bertz CT molecular complexity index is 111. The molecule has 0 saturated carbocycles. The van der Waals surface area contributed by atoms with Crippen LogP contribution in [0.1, 0.15) is 0 Å². The summed E-state index contributed by atoms with van der Waals surface area (Å²) in [4.78, 5) is 4.73. The molecule has 2 unspecified atom stereocenters. The summed E-state index contributed by atoms with van der Waals surface area (Å²) in [5.74, 6) is 0. The zero-order valence-corrected chi connectivity index (χ0v) is 5.58. The summed E-state index contributed by atoms with van der Waals surface area (Å²) in [6.45, 7) is 5.87. The molecule has 9 heavy (non-hydrogen) atoms. The summed E-state index contributed by atoms with van der Waals surface area (Å²) in [6.07, 6.45) is 0. The largest absolute Gasteiger partial charge is 0.318 e. The zero-order chi connectivity index (χ0) is 6.27. The van der Waals surface area contributed by atoms with Crippen LogP contribution >= 0.6 is 0 Å². The van der Waals surface area contributed by atoms with Gasteiger partial charge in [-0.1, -0.05) is 0 Å². The Morgan fingerprint density at radius 1 is 1.44 bits per heavy atom. The van der Waals surface area contributed by atoms with E-state index in [1.54, 1.807) is 0 Å². The monoisotopic (exact) mass is 127 g/mol. The SMILES string of the molecule is NCN1CC1CN1CC1. The van der Waals surface area contributed by atoms with E-state index in [9.17, 15) is 0 Å². The predicted octanol–water partition coefficient (Wildman–Crippen LogP) is -1.10. The summed E-state index contributed by atoms with van der Waals surface area (Å²) in [5, 5.41) is 0. The van der Waals surface area contributed by atoms with E-state index in [4.69, 9.17) is 5.73 Å². The topological polar surface area (TPSA) is 32.0 Å². The second-order valence-electron chi connectivity index (χ2n) is 2.91. The maximum absolute atomic E-state index is 5.43. The van der Waals surface area contributed by atoms with Crippen LogP contribution in [0.5, 0.6) is 0 Å². The van der Waals surface area contributed by atoms with Crippen LogP contribution in [0.3, 0.4) is 0 Å². The van der Waals surface area contributed by atoms with Crippen LogP contribution in [-0.2, 0) is 0 Å². The predicted molar refractivity (Wildman–Crippen MR) is 36.0 cm³/mol. The molecule has 2 saturated heterocycles. The molecule has 0 amide bonds. The highest BCUT2D eigenvalue weighted by Gasteiger charge is 2.36.